The molecule has 0 unspecified atom stereocenters. The van der Waals surface area contributed by atoms with Crippen molar-refractivity contribution in [2.75, 3.05) is 32.8 Å². The Morgan fingerprint density at radius 3 is 2.50 bits per heavy atom. The number of nitrogens with zero attached hydrogens (tertiary/aromatic N) is 1. The molecule has 122 valence electrons. The zero-order valence-electron chi connectivity index (χ0n) is 13.8. The molecule has 0 radical (unpaired) electrons. The molecule has 4 heteroatoms. The first-order valence-electron chi connectivity index (χ1n) is 8.43. The smallest absolute Gasteiger partial charge is 0.260 e. The summed E-state index contributed by atoms with van der Waals surface area (Å²) in [5.41, 5.74) is 1.28. The van der Waals surface area contributed by atoms with Crippen molar-refractivity contribution in [1.29, 1.82) is 0 Å². The van der Waals surface area contributed by atoms with Gasteiger partial charge in [-0.05, 0) is 56.0 Å². The second-order valence-corrected chi connectivity index (χ2v) is 5.92. The van der Waals surface area contributed by atoms with Crippen molar-refractivity contribution in [2.45, 2.75) is 33.1 Å². The van der Waals surface area contributed by atoms with Crippen LogP contribution >= 0.6 is 0 Å². The molecule has 1 aliphatic rings. The maximum atomic E-state index is 12.2. The number of hydrogen-bond donors (Lipinski definition) is 1. The number of amides is 1. The number of carbonyl (C=O) groups excluding carboxylic acids is 1. The summed E-state index contributed by atoms with van der Waals surface area (Å²) < 4.78 is 5.61. The third-order valence-electron chi connectivity index (χ3n) is 4.34. The Bertz CT molecular complexity index is 451. The zero-order valence-corrected chi connectivity index (χ0v) is 13.8. The van der Waals surface area contributed by atoms with Gasteiger partial charge in [0.15, 0.2) is 6.61 Å². The Labute approximate surface area is 133 Å². The number of aryl methyl sites for hydroxylation is 1. The monoisotopic (exact) mass is 304 g/mol. The van der Waals surface area contributed by atoms with E-state index in [1.165, 1.54) is 5.56 Å². The largest absolute Gasteiger partial charge is 0.484 e. The molecule has 1 aromatic carbocycles. The van der Waals surface area contributed by atoms with E-state index < -0.39 is 0 Å². The van der Waals surface area contributed by atoms with Crippen molar-refractivity contribution in [3.63, 3.8) is 0 Å². The number of ether oxygens (including phenoxy) is 1. The number of rotatable bonds is 7. The molecule has 1 N–H and O–H groups in total. The normalized spacial score (nSPS) is 15.8. The molecule has 0 spiro atoms. The summed E-state index contributed by atoms with van der Waals surface area (Å²) in [7, 11) is 0. The minimum Gasteiger partial charge on any atom is -0.484 e. The van der Waals surface area contributed by atoms with E-state index in [-0.39, 0.29) is 12.5 Å². The third kappa shape index (κ3) is 5.02. The maximum absolute atomic E-state index is 12.2. The van der Waals surface area contributed by atoms with Crippen LogP contribution in [0.25, 0.3) is 0 Å². The lowest BCUT2D eigenvalue weighted by atomic mass is 9.97. The van der Waals surface area contributed by atoms with Gasteiger partial charge >= 0.3 is 0 Å². The van der Waals surface area contributed by atoms with Crippen LogP contribution < -0.4 is 10.1 Å². The SMILES string of the molecule is CCNCC1CCN(C(=O)COc2ccc(CC)cc2)CC1. The van der Waals surface area contributed by atoms with Crippen LogP contribution in [-0.2, 0) is 11.2 Å². The Morgan fingerprint density at radius 2 is 1.91 bits per heavy atom. The second kappa shape index (κ2) is 8.79. The Balaban J connectivity index is 1.71. The van der Waals surface area contributed by atoms with Gasteiger partial charge in [-0.3, -0.25) is 4.79 Å². The first kappa shape index (κ1) is 16.8. The fraction of sp³-hybridized carbons (Fsp3) is 0.611. The lowest BCUT2D eigenvalue weighted by Crippen LogP contribution is -2.42. The van der Waals surface area contributed by atoms with E-state index in [1.807, 2.05) is 29.2 Å². The summed E-state index contributed by atoms with van der Waals surface area (Å²) in [5.74, 6) is 1.57. The second-order valence-electron chi connectivity index (χ2n) is 5.92. The van der Waals surface area contributed by atoms with Gasteiger partial charge < -0.3 is 15.0 Å². The van der Waals surface area contributed by atoms with E-state index in [1.54, 1.807) is 0 Å². The van der Waals surface area contributed by atoms with Gasteiger partial charge in [-0.25, -0.2) is 0 Å². The highest BCUT2D eigenvalue weighted by atomic mass is 16.5. The average Bonchev–Trinajstić information content (AvgIpc) is 2.58. The van der Waals surface area contributed by atoms with Crippen LogP contribution in [0, 0.1) is 5.92 Å². The first-order valence-corrected chi connectivity index (χ1v) is 8.43. The summed E-state index contributed by atoms with van der Waals surface area (Å²) in [6, 6.07) is 7.97. The van der Waals surface area contributed by atoms with E-state index in [0.29, 0.717) is 5.92 Å². The van der Waals surface area contributed by atoms with Crippen LogP contribution in [0.15, 0.2) is 24.3 Å². The quantitative estimate of drug-likeness (QED) is 0.841. The molecule has 1 aromatic rings. The Kier molecular flexibility index (Phi) is 6.72. The molecule has 0 saturated carbocycles. The molecule has 22 heavy (non-hydrogen) atoms. The molecule has 2 rings (SSSR count). The van der Waals surface area contributed by atoms with Gasteiger partial charge in [-0.1, -0.05) is 26.0 Å². The van der Waals surface area contributed by atoms with Crippen molar-refractivity contribution >= 4 is 5.91 Å². The summed E-state index contributed by atoms with van der Waals surface area (Å²) in [6.07, 6.45) is 3.19. The molecule has 0 aromatic heterocycles. The number of piperidine rings is 1. The van der Waals surface area contributed by atoms with Crippen molar-refractivity contribution in [1.82, 2.24) is 10.2 Å². The fourth-order valence-corrected chi connectivity index (χ4v) is 2.79. The summed E-state index contributed by atoms with van der Waals surface area (Å²) >= 11 is 0. The first-order chi connectivity index (χ1) is 10.7. The van der Waals surface area contributed by atoms with Crippen molar-refractivity contribution in [3.8, 4) is 5.75 Å². The van der Waals surface area contributed by atoms with Crippen LogP contribution in [0.3, 0.4) is 0 Å². The van der Waals surface area contributed by atoms with Gasteiger partial charge in [-0.2, -0.15) is 0 Å². The highest BCUT2D eigenvalue weighted by molar-refractivity contribution is 5.77. The maximum Gasteiger partial charge on any atom is 0.260 e. The van der Waals surface area contributed by atoms with Crippen LogP contribution in [0.4, 0.5) is 0 Å². The number of nitrogens with one attached hydrogen (secondary N) is 1. The molecule has 4 nitrogen and oxygen atoms in total. The van der Waals surface area contributed by atoms with E-state index in [4.69, 9.17) is 4.74 Å². The molecule has 1 aliphatic heterocycles. The van der Waals surface area contributed by atoms with Gasteiger partial charge in [0.25, 0.3) is 5.91 Å². The molecule has 1 fully saturated rings. The van der Waals surface area contributed by atoms with Gasteiger partial charge in [0.05, 0.1) is 0 Å². The van der Waals surface area contributed by atoms with E-state index in [2.05, 4.69) is 19.2 Å². The van der Waals surface area contributed by atoms with Crippen LogP contribution in [0.1, 0.15) is 32.3 Å². The minimum absolute atomic E-state index is 0.0986. The van der Waals surface area contributed by atoms with Crippen molar-refractivity contribution < 1.29 is 9.53 Å². The average molecular weight is 304 g/mol. The molecule has 1 amide bonds. The molecular weight excluding hydrogens is 276 g/mol. The van der Waals surface area contributed by atoms with E-state index >= 15 is 0 Å². The summed E-state index contributed by atoms with van der Waals surface area (Å²) in [6.45, 7) is 8.19. The topological polar surface area (TPSA) is 41.6 Å². The predicted molar refractivity (Wildman–Crippen MR) is 89.2 cm³/mol. The Morgan fingerprint density at radius 1 is 1.23 bits per heavy atom. The van der Waals surface area contributed by atoms with Crippen LogP contribution in [0.2, 0.25) is 0 Å². The van der Waals surface area contributed by atoms with Gasteiger partial charge in [0.2, 0.25) is 0 Å². The molecular formula is C18H28N2O2. The van der Waals surface area contributed by atoms with Crippen molar-refractivity contribution in [2.24, 2.45) is 5.92 Å². The van der Waals surface area contributed by atoms with E-state index in [9.17, 15) is 4.79 Å². The number of likely N-dealkylation sites (tertiary alicyclic amines) is 1. The Hall–Kier alpha value is -1.55. The van der Waals surface area contributed by atoms with E-state index in [0.717, 1.165) is 51.2 Å². The highest BCUT2D eigenvalue weighted by Gasteiger charge is 2.22. The number of carbonyl (C=O) groups is 1. The molecule has 1 saturated heterocycles. The fourth-order valence-electron chi connectivity index (χ4n) is 2.79. The van der Waals surface area contributed by atoms with Gasteiger partial charge in [0, 0.05) is 13.1 Å². The zero-order chi connectivity index (χ0) is 15.8. The standard InChI is InChI=1S/C18H28N2O2/c1-3-15-5-7-17(8-6-15)22-14-18(21)20-11-9-16(10-12-20)13-19-4-2/h5-8,16,19H,3-4,9-14H2,1-2H3. The lowest BCUT2D eigenvalue weighted by Gasteiger charge is -2.32. The number of benzene rings is 1. The van der Waals surface area contributed by atoms with Crippen molar-refractivity contribution in [3.05, 3.63) is 29.8 Å². The predicted octanol–water partition coefficient (Wildman–Crippen LogP) is 2.48. The molecule has 1 heterocycles. The third-order valence-corrected chi connectivity index (χ3v) is 4.34. The van der Waals surface area contributed by atoms with Gasteiger partial charge in [-0.15, -0.1) is 0 Å². The molecule has 0 bridgehead atoms. The van der Waals surface area contributed by atoms with Crippen LogP contribution in [-0.4, -0.2) is 43.6 Å². The lowest BCUT2D eigenvalue weighted by molar-refractivity contribution is -0.134. The summed E-state index contributed by atoms with van der Waals surface area (Å²) in [4.78, 5) is 14.1. The van der Waals surface area contributed by atoms with Gasteiger partial charge in [0.1, 0.15) is 5.75 Å². The molecule has 0 atom stereocenters. The molecule has 0 aliphatic carbocycles. The highest BCUT2D eigenvalue weighted by Crippen LogP contribution is 2.17. The number of hydrogen-bond acceptors (Lipinski definition) is 3. The summed E-state index contributed by atoms with van der Waals surface area (Å²) in [5, 5.41) is 3.39. The van der Waals surface area contributed by atoms with Crippen LogP contribution in [0.5, 0.6) is 5.75 Å². The minimum atomic E-state index is 0.0986.